The van der Waals surface area contributed by atoms with E-state index in [1.807, 2.05) is 26.8 Å². The van der Waals surface area contributed by atoms with Crippen LogP contribution in [0.3, 0.4) is 0 Å². The van der Waals surface area contributed by atoms with Gasteiger partial charge in [0.25, 0.3) is 5.69 Å². The van der Waals surface area contributed by atoms with Crippen molar-refractivity contribution in [3.05, 3.63) is 39.4 Å². The summed E-state index contributed by atoms with van der Waals surface area (Å²) in [6.07, 6.45) is 2.34. The number of nitro benzene ring substituents is 1. The third-order valence-electron chi connectivity index (χ3n) is 3.72. The van der Waals surface area contributed by atoms with Gasteiger partial charge in [-0.3, -0.25) is 10.1 Å². The third kappa shape index (κ3) is 4.36. The summed E-state index contributed by atoms with van der Waals surface area (Å²) in [6.45, 7) is 6.57. The largest absolute Gasteiger partial charge is 0.444 e. The minimum absolute atomic E-state index is 0. The summed E-state index contributed by atoms with van der Waals surface area (Å²) < 4.78 is 6.30. The summed E-state index contributed by atoms with van der Waals surface area (Å²) in [6, 6.07) is 4.71. The van der Waals surface area contributed by atoms with Crippen molar-refractivity contribution in [2.24, 2.45) is 0 Å². The molecule has 2 heterocycles. The molecule has 9 heteroatoms. The molecule has 1 amide bonds. The number of nitro groups is 1. The smallest absolute Gasteiger partial charge is 0.410 e. The van der Waals surface area contributed by atoms with Gasteiger partial charge in [0.05, 0.1) is 15.1 Å². The van der Waals surface area contributed by atoms with Crippen LogP contribution in [0.25, 0.3) is 15.8 Å². The highest BCUT2D eigenvalue weighted by atomic mass is 32.1. The average molecular weight is 379 g/mol. The first-order chi connectivity index (χ1) is 11.7. The molecule has 8 nitrogen and oxygen atoms in total. The van der Waals surface area contributed by atoms with Crippen molar-refractivity contribution in [3.8, 4) is 0 Å². The maximum Gasteiger partial charge on any atom is 0.410 e. The number of hydrogen-bond donors (Lipinski definition) is 0. The molecule has 140 valence electrons. The third-order valence-corrected chi connectivity index (χ3v) is 4.83. The number of hydrogen-bond acceptors (Lipinski definition) is 6. The first kappa shape index (κ1) is 19.8. The number of amides is 1. The predicted molar refractivity (Wildman–Crippen MR) is 100 cm³/mol. The monoisotopic (exact) mass is 379 g/mol. The Hall–Kier alpha value is -2.52. The molecule has 0 unspecified atom stereocenters. The van der Waals surface area contributed by atoms with Crippen LogP contribution in [0.5, 0.6) is 0 Å². The van der Waals surface area contributed by atoms with Gasteiger partial charge in [0.15, 0.2) is 0 Å². The number of fused-ring (bicyclic) bond motifs is 1. The number of benzene rings is 1. The predicted octanol–water partition coefficient (Wildman–Crippen LogP) is 3.40. The van der Waals surface area contributed by atoms with Crippen molar-refractivity contribution >= 4 is 38.9 Å². The Kier molecular flexibility index (Phi) is 5.62. The topological polar surface area (TPSA) is 117 Å². The van der Waals surface area contributed by atoms with E-state index in [4.69, 9.17) is 4.74 Å². The van der Waals surface area contributed by atoms with Crippen LogP contribution in [0.15, 0.2) is 24.3 Å². The molecule has 3 rings (SSSR count). The van der Waals surface area contributed by atoms with Crippen LogP contribution in [-0.4, -0.2) is 45.1 Å². The number of thiazole rings is 1. The Bertz CT molecular complexity index is 869. The lowest BCUT2D eigenvalue weighted by Crippen LogP contribution is -2.39. The number of ether oxygens (including phenoxy) is 1. The van der Waals surface area contributed by atoms with Gasteiger partial charge in [0.1, 0.15) is 10.6 Å². The first-order valence-corrected chi connectivity index (χ1v) is 8.77. The molecule has 0 bridgehead atoms. The Morgan fingerprint density at radius 3 is 2.69 bits per heavy atom. The highest BCUT2D eigenvalue weighted by molar-refractivity contribution is 7.19. The zero-order chi connectivity index (χ0) is 18.2. The van der Waals surface area contributed by atoms with E-state index in [-0.39, 0.29) is 17.3 Å². The minimum atomic E-state index is -0.511. The first-order valence-electron chi connectivity index (χ1n) is 7.95. The molecule has 0 aliphatic carbocycles. The molecular formula is C17H21N3O5S. The van der Waals surface area contributed by atoms with Crippen molar-refractivity contribution in [2.45, 2.75) is 32.8 Å². The van der Waals surface area contributed by atoms with Crippen molar-refractivity contribution in [1.82, 2.24) is 9.88 Å². The Morgan fingerprint density at radius 1 is 1.38 bits per heavy atom. The average Bonchev–Trinajstić information content (AvgIpc) is 2.96. The maximum atomic E-state index is 12.1. The van der Waals surface area contributed by atoms with Gasteiger partial charge in [-0.15, -0.1) is 11.3 Å². The van der Waals surface area contributed by atoms with Crippen molar-refractivity contribution in [1.29, 1.82) is 0 Å². The second-order valence-electron chi connectivity index (χ2n) is 6.83. The van der Waals surface area contributed by atoms with E-state index < -0.39 is 10.5 Å². The van der Waals surface area contributed by atoms with Gasteiger partial charge in [-0.1, -0.05) is 6.08 Å². The van der Waals surface area contributed by atoms with E-state index in [0.29, 0.717) is 25.0 Å². The summed E-state index contributed by atoms with van der Waals surface area (Å²) in [4.78, 5) is 28.7. The van der Waals surface area contributed by atoms with E-state index in [0.717, 1.165) is 15.3 Å². The molecule has 1 aromatic heterocycles. The Morgan fingerprint density at radius 2 is 2.12 bits per heavy atom. The molecule has 1 aromatic carbocycles. The lowest BCUT2D eigenvalue weighted by Gasteiger charge is -2.29. The number of rotatable bonds is 2. The molecular weight excluding hydrogens is 358 g/mol. The number of carbonyl (C=O) groups is 1. The van der Waals surface area contributed by atoms with Crippen LogP contribution >= 0.6 is 11.3 Å². The molecule has 0 saturated heterocycles. The lowest BCUT2D eigenvalue weighted by atomic mass is 10.1. The standard InChI is InChI=1S/C17H19N3O4S.H2O/c1-17(2,3)24-16(21)19-8-6-11(7-9-19)15-18-13-10-12(20(22)23)4-5-14(13)25-15;/h4-6,10H,7-9H2,1-3H3;1H2. The van der Waals surface area contributed by atoms with Gasteiger partial charge in [0.2, 0.25) is 0 Å². The molecule has 1 aliphatic heterocycles. The normalized spacial score (nSPS) is 14.6. The van der Waals surface area contributed by atoms with Gasteiger partial charge in [-0.2, -0.15) is 0 Å². The molecule has 0 spiro atoms. The molecule has 0 saturated carbocycles. The number of aromatic nitrogens is 1. The molecule has 0 atom stereocenters. The molecule has 0 radical (unpaired) electrons. The zero-order valence-corrected chi connectivity index (χ0v) is 15.6. The van der Waals surface area contributed by atoms with Crippen molar-refractivity contribution in [2.75, 3.05) is 13.1 Å². The van der Waals surface area contributed by atoms with Crippen LogP contribution in [-0.2, 0) is 4.74 Å². The van der Waals surface area contributed by atoms with Crippen LogP contribution in [0.1, 0.15) is 32.2 Å². The second-order valence-corrected chi connectivity index (χ2v) is 7.86. The van der Waals surface area contributed by atoms with E-state index in [2.05, 4.69) is 4.98 Å². The number of nitrogens with zero attached hydrogens (tertiary/aromatic N) is 3. The van der Waals surface area contributed by atoms with Crippen LogP contribution < -0.4 is 0 Å². The second kappa shape index (κ2) is 7.38. The Labute approximate surface area is 154 Å². The lowest BCUT2D eigenvalue weighted by molar-refractivity contribution is -0.384. The molecule has 1 aliphatic rings. The van der Waals surface area contributed by atoms with E-state index in [9.17, 15) is 14.9 Å². The van der Waals surface area contributed by atoms with E-state index in [1.165, 1.54) is 23.5 Å². The van der Waals surface area contributed by atoms with Gasteiger partial charge >= 0.3 is 6.09 Å². The van der Waals surface area contributed by atoms with Gasteiger partial charge in [0, 0.05) is 25.2 Å². The van der Waals surface area contributed by atoms with Gasteiger partial charge in [-0.05, 0) is 38.8 Å². The van der Waals surface area contributed by atoms with Crippen LogP contribution in [0.4, 0.5) is 10.5 Å². The molecule has 26 heavy (non-hydrogen) atoms. The maximum absolute atomic E-state index is 12.1. The summed E-state index contributed by atoms with van der Waals surface area (Å²) in [5, 5.41) is 11.7. The fraction of sp³-hybridized carbons (Fsp3) is 0.412. The SMILES string of the molecule is CC(C)(C)OC(=O)N1CC=C(c2nc3cc([N+](=O)[O-])ccc3s2)CC1.O. The summed E-state index contributed by atoms with van der Waals surface area (Å²) in [5.41, 5.74) is 1.22. The van der Waals surface area contributed by atoms with E-state index >= 15 is 0 Å². The van der Waals surface area contributed by atoms with Gasteiger partial charge < -0.3 is 15.1 Å². The number of non-ortho nitro benzene ring substituents is 1. The van der Waals surface area contributed by atoms with Crippen molar-refractivity contribution < 1.29 is 19.9 Å². The van der Waals surface area contributed by atoms with Crippen molar-refractivity contribution in [3.63, 3.8) is 0 Å². The fourth-order valence-corrected chi connectivity index (χ4v) is 3.54. The highest BCUT2D eigenvalue weighted by Gasteiger charge is 2.24. The summed E-state index contributed by atoms with van der Waals surface area (Å²) in [7, 11) is 0. The summed E-state index contributed by atoms with van der Waals surface area (Å²) >= 11 is 1.51. The summed E-state index contributed by atoms with van der Waals surface area (Å²) in [5.74, 6) is 0. The molecule has 0 fully saturated rings. The van der Waals surface area contributed by atoms with Gasteiger partial charge in [-0.25, -0.2) is 9.78 Å². The fourth-order valence-electron chi connectivity index (χ4n) is 2.52. The quantitative estimate of drug-likeness (QED) is 0.585. The minimum Gasteiger partial charge on any atom is -0.444 e. The molecule has 2 N–H and O–H groups in total. The highest BCUT2D eigenvalue weighted by Crippen LogP contribution is 2.32. The van der Waals surface area contributed by atoms with Crippen LogP contribution in [0, 0.1) is 10.1 Å². The zero-order valence-electron chi connectivity index (χ0n) is 14.8. The number of carbonyl (C=O) groups excluding carboxylic acids is 1. The molecule has 2 aromatic rings. The Balaban J connectivity index is 0.00000243. The van der Waals surface area contributed by atoms with Crippen LogP contribution in [0.2, 0.25) is 0 Å². The van der Waals surface area contributed by atoms with E-state index in [1.54, 1.807) is 11.0 Å².